The van der Waals surface area contributed by atoms with Crippen molar-refractivity contribution in [3.05, 3.63) is 40.4 Å². The third-order valence-electron chi connectivity index (χ3n) is 6.08. The Balaban J connectivity index is 1.17. The van der Waals surface area contributed by atoms with Crippen LogP contribution in [0.3, 0.4) is 0 Å². The summed E-state index contributed by atoms with van der Waals surface area (Å²) in [5.41, 5.74) is 1.70. The lowest BCUT2D eigenvalue weighted by atomic mass is 10.0. The molecular weight excluding hydrogens is 442 g/mol. The number of nitrogens with zero attached hydrogens (tertiary/aromatic N) is 6. The number of rotatable bonds is 7. The molecule has 0 bridgehead atoms. The van der Waals surface area contributed by atoms with Crippen LogP contribution >= 0.6 is 0 Å². The van der Waals surface area contributed by atoms with Crippen LogP contribution in [0.1, 0.15) is 12.1 Å². The first-order chi connectivity index (χ1) is 16.6. The zero-order valence-electron chi connectivity index (χ0n) is 18.9. The van der Waals surface area contributed by atoms with Crippen LogP contribution in [0.2, 0.25) is 0 Å². The zero-order valence-corrected chi connectivity index (χ0v) is 18.9. The van der Waals surface area contributed by atoms with Crippen LogP contribution < -0.4 is 25.1 Å². The fourth-order valence-electron chi connectivity index (χ4n) is 4.24. The molecule has 0 aliphatic carbocycles. The van der Waals surface area contributed by atoms with Gasteiger partial charge in [0, 0.05) is 44.4 Å². The number of β-amino-alcohol motifs (C(OH)–C–C–N with tert-alkyl or cyclic N) is 1. The van der Waals surface area contributed by atoms with Crippen molar-refractivity contribution in [1.29, 1.82) is 0 Å². The minimum atomic E-state index is -0.553. The summed E-state index contributed by atoms with van der Waals surface area (Å²) in [5.74, 6) is 1.37. The van der Waals surface area contributed by atoms with Gasteiger partial charge in [-0.25, -0.2) is 4.98 Å². The van der Waals surface area contributed by atoms with Gasteiger partial charge < -0.3 is 24.6 Å². The summed E-state index contributed by atoms with van der Waals surface area (Å²) in [7, 11) is 1.52. The number of aromatic nitrogens is 5. The van der Waals surface area contributed by atoms with Crippen LogP contribution in [0.4, 0.5) is 0 Å². The van der Waals surface area contributed by atoms with Gasteiger partial charge in [0.25, 0.3) is 11.4 Å². The van der Waals surface area contributed by atoms with Gasteiger partial charge in [0.1, 0.15) is 18.7 Å². The molecule has 180 valence electrons. The Morgan fingerprint density at radius 2 is 2.12 bits per heavy atom. The number of hydrogen-bond acceptors (Lipinski definition) is 11. The molecule has 0 amide bonds. The summed E-state index contributed by atoms with van der Waals surface area (Å²) in [6, 6.07) is 4.90. The molecular formula is C22H27N7O5. The molecule has 12 heteroatoms. The van der Waals surface area contributed by atoms with Gasteiger partial charge in [0.15, 0.2) is 11.4 Å². The number of likely N-dealkylation sites (tertiary alicyclic amines) is 1. The summed E-state index contributed by atoms with van der Waals surface area (Å²) in [4.78, 5) is 23.3. The minimum absolute atomic E-state index is 0.0679. The lowest BCUT2D eigenvalue weighted by Gasteiger charge is -2.36. The van der Waals surface area contributed by atoms with Gasteiger partial charge in [-0.2, -0.15) is 10.1 Å². The van der Waals surface area contributed by atoms with E-state index in [0.717, 1.165) is 18.7 Å². The molecule has 2 aliphatic heterocycles. The van der Waals surface area contributed by atoms with E-state index in [1.54, 1.807) is 10.6 Å². The Hall–Kier alpha value is -3.35. The Labute approximate surface area is 195 Å². The molecule has 5 heterocycles. The molecule has 0 saturated carbocycles. The van der Waals surface area contributed by atoms with E-state index in [9.17, 15) is 9.90 Å². The van der Waals surface area contributed by atoms with Gasteiger partial charge >= 0.3 is 0 Å². The maximum absolute atomic E-state index is 12.5. The third kappa shape index (κ3) is 4.79. The molecule has 1 saturated heterocycles. The van der Waals surface area contributed by atoms with Gasteiger partial charge in [-0.15, -0.1) is 5.10 Å². The predicted molar refractivity (Wildman–Crippen MR) is 121 cm³/mol. The lowest BCUT2D eigenvalue weighted by Crippen LogP contribution is -2.53. The fraction of sp³-hybridized carbons (Fsp3) is 0.500. The molecule has 0 aromatic carbocycles. The second kappa shape index (κ2) is 9.87. The first kappa shape index (κ1) is 22.4. The van der Waals surface area contributed by atoms with E-state index in [0.29, 0.717) is 68.1 Å². The Bertz CT molecular complexity index is 1220. The maximum Gasteiger partial charge on any atom is 0.276 e. The van der Waals surface area contributed by atoms with Crippen LogP contribution in [0, 0.1) is 0 Å². The molecule has 2 N–H and O–H groups in total. The van der Waals surface area contributed by atoms with Crippen molar-refractivity contribution in [3.63, 3.8) is 0 Å². The van der Waals surface area contributed by atoms with E-state index in [4.69, 9.17) is 14.2 Å². The van der Waals surface area contributed by atoms with E-state index >= 15 is 0 Å². The van der Waals surface area contributed by atoms with Crippen molar-refractivity contribution in [2.75, 3.05) is 40.0 Å². The summed E-state index contributed by atoms with van der Waals surface area (Å²) in [5, 5.41) is 22.3. The number of ether oxygens (including phenoxy) is 3. The van der Waals surface area contributed by atoms with Crippen molar-refractivity contribution >= 4 is 11.2 Å². The quantitative estimate of drug-likeness (QED) is 0.467. The SMILES string of the molecule is COc1cnc2ccc(=O)n(CCN3CC[C@H](NCc4cc5c(nn4)OCCO5)[C@H](O)C3)c2n1. The molecule has 5 rings (SSSR count). The van der Waals surface area contributed by atoms with E-state index in [-0.39, 0.29) is 11.6 Å². The molecule has 0 spiro atoms. The highest BCUT2D eigenvalue weighted by atomic mass is 16.6. The fourth-order valence-corrected chi connectivity index (χ4v) is 4.24. The Morgan fingerprint density at radius 1 is 1.24 bits per heavy atom. The molecule has 1 fully saturated rings. The molecule has 3 aromatic rings. The number of hydrogen-bond donors (Lipinski definition) is 2. The normalized spacial score (nSPS) is 20.4. The highest BCUT2D eigenvalue weighted by Gasteiger charge is 2.27. The second-order valence-electron chi connectivity index (χ2n) is 8.29. The van der Waals surface area contributed by atoms with Crippen molar-refractivity contribution in [2.45, 2.75) is 31.7 Å². The zero-order chi connectivity index (χ0) is 23.5. The van der Waals surface area contributed by atoms with E-state index in [1.807, 2.05) is 6.07 Å². The molecule has 2 aliphatic rings. The van der Waals surface area contributed by atoms with Crippen LogP contribution in [-0.4, -0.2) is 86.8 Å². The standard InChI is InChI=1S/C22H27N7O5/c1-32-19-12-24-16-2-3-20(31)29(21(16)25-19)7-6-28-5-4-15(17(30)13-28)23-11-14-10-18-22(27-26-14)34-9-8-33-18/h2-3,10,12,15,17,23,30H,4-9,11,13H2,1H3/t15-,17+/m0/s1. The predicted octanol–water partition coefficient (Wildman–Crippen LogP) is -0.414. The molecule has 12 nitrogen and oxygen atoms in total. The maximum atomic E-state index is 12.5. The number of aliphatic hydroxyl groups excluding tert-OH is 1. The molecule has 3 aromatic heterocycles. The summed E-state index contributed by atoms with van der Waals surface area (Å²) in [6.45, 7) is 3.77. The van der Waals surface area contributed by atoms with Crippen LogP contribution in [0.5, 0.6) is 17.5 Å². The smallest absolute Gasteiger partial charge is 0.276 e. The van der Waals surface area contributed by atoms with Crippen molar-refractivity contribution in [2.24, 2.45) is 0 Å². The topological polar surface area (TPSA) is 137 Å². The summed E-state index contributed by atoms with van der Waals surface area (Å²) < 4.78 is 17.7. The number of piperidine rings is 1. The highest BCUT2D eigenvalue weighted by molar-refractivity contribution is 5.70. The number of aliphatic hydroxyl groups is 1. The van der Waals surface area contributed by atoms with E-state index in [1.165, 1.54) is 19.4 Å². The minimum Gasteiger partial charge on any atom is -0.484 e. The van der Waals surface area contributed by atoms with Gasteiger partial charge in [-0.3, -0.25) is 14.3 Å². The van der Waals surface area contributed by atoms with Crippen molar-refractivity contribution in [3.8, 4) is 17.5 Å². The first-order valence-electron chi connectivity index (χ1n) is 11.3. The van der Waals surface area contributed by atoms with E-state index in [2.05, 4.69) is 30.4 Å². The second-order valence-corrected chi connectivity index (χ2v) is 8.29. The molecule has 0 unspecified atom stereocenters. The van der Waals surface area contributed by atoms with Crippen LogP contribution in [-0.2, 0) is 13.1 Å². The molecule has 34 heavy (non-hydrogen) atoms. The average molecular weight is 470 g/mol. The first-order valence-corrected chi connectivity index (χ1v) is 11.3. The van der Waals surface area contributed by atoms with Crippen LogP contribution in [0.15, 0.2) is 29.2 Å². The van der Waals surface area contributed by atoms with Gasteiger partial charge in [0.05, 0.1) is 25.1 Å². The van der Waals surface area contributed by atoms with Crippen LogP contribution in [0.25, 0.3) is 11.2 Å². The number of methoxy groups -OCH3 is 1. The number of nitrogens with one attached hydrogen (secondary N) is 1. The van der Waals surface area contributed by atoms with Gasteiger partial charge in [-0.05, 0) is 19.0 Å². The summed E-state index contributed by atoms with van der Waals surface area (Å²) >= 11 is 0. The Morgan fingerprint density at radius 3 is 2.97 bits per heavy atom. The number of fused-ring (bicyclic) bond motifs is 2. The number of pyridine rings is 1. The Kier molecular flexibility index (Phi) is 6.52. The largest absolute Gasteiger partial charge is 0.484 e. The third-order valence-corrected chi connectivity index (χ3v) is 6.08. The molecule has 2 atom stereocenters. The van der Waals surface area contributed by atoms with Gasteiger partial charge in [0.2, 0.25) is 5.88 Å². The van der Waals surface area contributed by atoms with E-state index < -0.39 is 6.10 Å². The van der Waals surface area contributed by atoms with Gasteiger partial charge in [-0.1, -0.05) is 0 Å². The van der Waals surface area contributed by atoms with Crippen molar-refractivity contribution < 1.29 is 19.3 Å². The monoisotopic (exact) mass is 469 g/mol. The lowest BCUT2D eigenvalue weighted by molar-refractivity contribution is 0.0384. The highest BCUT2D eigenvalue weighted by Crippen LogP contribution is 2.26. The van der Waals surface area contributed by atoms with Crippen molar-refractivity contribution in [1.82, 2.24) is 34.9 Å². The summed E-state index contributed by atoms with van der Waals surface area (Å²) in [6.07, 6.45) is 1.74. The average Bonchev–Trinajstić information content (AvgIpc) is 2.87. The molecule has 0 radical (unpaired) electrons.